The number of H-pyrrole nitrogens is 1. The zero-order valence-corrected chi connectivity index (χ0v) is 13.1. The van der Waals surface area contributed by atoms with Crippen molar-refractivity contribution in [3.8, 4) is 0 Å². The number of benzene rings is 1. The predicted octanol–water partition coefficient (Wildman–Crippen LogP) is 3.12. The zero-order valence-electron chi connectivity index (χ0n) is 13.1. The largest absolute Gasteiger partial charge is 0.454 e. The Balaban J connectivity index is 1.79. The molecular weight excluding hydrogens is 296 g/mol. The molecule has 3 aromatic rings. The van der Waals surface area contributed by atoms with Crippen LogP contribution in [0.3, 0.4) is 0 Å². The van der Waals surface area contributed by atoms with Gasteiger partial charge in [0, 0.05) is 22.2 Å². The highest BCUT2D eigenvalue weighted by Crippen LogP contribution is 2.22. The SMILES string of the molecule is Cc1noc(C)c1C(=O)OCC(=O)c1c(C)[nH]c2ccccc12. The first-order valence-electron chi connectivity index (χ1n) is 7.19. The van der Waals surface area contributed by atoms with E-state index >= 15 is 0 Å². The summed E-state index contributed by atoms with van der Waals surface area (Å²) in [4.78, 5) is 27.7. The van der Waals surface area contributed by atoms with Crippen LogP contribution in [-0.4, -0.2) is 28.5 Å². The molecule has 118 valence electrons. The molecule has 2 aromatic heterocycles. The van der Waals surface area contributed by atoms with Gasteiger partial charge in [-0.3, -0.25) is 4.79 Å². The highest BCUT2D eigenvalue weighted by molar-refractivity contribution is 6.10. The molecule has 0 fully saturated rings. The fourth-order valence-electron chi connectivity index (χ4n) is 2.69. The minimum Gasteiger partial charge on any atom is -0.454 e. The maximum atomic E-state index is 12.4. The third-order valence-corrected chi connectivity index (χ3v) is 3.74. The lowest BCUT2D eigenvalue weighted by atomic mass is 10.1. The highest BCUT2D eigenvalue weighted by Gasteiger charge is 2.22. The minimum absolute atomic E-state index is 0.250. The van der Waals surface area contributed by atoms with Crippen molar-refractivity contribution in [2.75, 3.05) is 6.61 Å². The van der Waals surface area contributed by atoms with Gasteiger partial charge < -0.3 is 14.2 Å². The molecule has 0 atom stereocenters. The average Bonchev–Trinajstić information content (AvgIpc) is 3.03. The number of hydrogen-bond donors (Lipinski definition) is 1. The van der Waals surface area contributed by atoms with E-state index in [0.717, 1.165) is 16.6 Å². The summed E-state index contributed by atoms with van der Waals surface area (Å²) in [6.07, 6.45) is 0. The van der Waals surface area contributed by atoms with Gasteiger partial charge in [-0.15, -0.1) is 0 Å². The normalized spacial score (nSPS) is 10.9. The van der Waals surface area contributed by atoms with Crippen LogP contribution in [0, 0.1) is 20.8 Å². The number of para-hydroxylation sites is 1. The first-order valence-corrected chi connectivity index (χ1v) is 7.19. The van der Waals surface area contributed by atoms with Gasteiger partial charge in [-0.25, -0.2) is 4.79 Å². The van der Waals surface area contributed by atoms with E-state index in [0.29, 0.717) is 17.0 Å². The maximum Gasteiger partial charge on any atom is 0.344 e. The van der Waals surface area contributed by atoms with Crippen LogP contribution in [-0.2, 0) is 4.74 Å². The van der Waals surface area contributed by atoms with Gasteiger partial charge in [-0.2, -0.15) is 0 Å². The van der Waals surface area contributed by atoms with Crippen LogP contribution in [0.4, 0.5) is 0 Å². The van der Waals surface area contributed by atoms with E-state index in [1.54, 1.807) is 13.8 Å². The molecule has 0 radical (unpaired) electrons. The summed E-state index contributed by atoms with van der Waals surface area (Å²) in [5, 5.41) is 4.53. The molecule has 0 spiro atoms. The van der Waals surface area contributed by atoms with Crippen LogP contribution >= 0.6 is 0 Å². The molecular formula is C17H16N2O4. The van der Waals surface area contributed by atoms with Gasteiger partial charge in [0.05, 0.1) is 5.69 Å². The Hall–Kier alpha value is -2.89. The Labute approximate surface area is 132 Å². The fraction of sp³-hybridized carbons (Fsp3) is 0.235. The van der Waals surface area contributed by atoms with E-state index in [4.69, 9.17) is 9.26 Å². The summed E-state index contributed by atoms with van der Waals surface area (Å²) in [6.45, 7) is 4.77. The third kappa shape index (κ3) is 2.63. The monoisotopic (exact) mass is 312 g/mol. The molecule has 2 heterocycles. The summed E-state index contributed by atoms with van der Waals surface area (Å²) in [6, 6.07) is 7.52. The van der Waals surface area contributed by atoms with Crippen molar-refractivity contribution >= 4 is 22.7 Å². The number of rotatable bonds is 4. The number of aromatic amines is 1. The molecule has 1 aromatic carbocycles. The van der Waals surface area contributed by atoms with Crippen LogP contribution in [0.5, 0.6) is 0 Å². The minimum atomic E-state index is -0.605. The van der Waals surface area contributed by atoms with E-state index in [-0.39, 0.29) is 18.0 Å². The lowest BCUT2D eigenvalue weighted by molar-refractivity contribution is 0.0472. The number of fused-ring (bicyclic) bond motifs is 1. The van der Waals surface area contributed by atoms with E-state index in [1.165, 1.54) is 0 Å². The predicted molar refractivity (Wildman–Crippen MR) is 83.6 cm³/mol. The molecule has 0 aliphatic rings. The van der Waals surface area contributed by atoms with Crippen molar-refractivity contribution in [3.63, 3.8) is 0 Å². The van der Waals surface area contributed by atoms with Crippen molar-refractivity contribution in [2.45, 2.75) is 20.8 Å². The van der Waals surface area contributed by atoms with E-state index < -0.39 is 5.97 Å². The number of hydrogen-bond acceptors (Lipinski definition) is 5. The van der Waals surface area contributed by atoms with Crippen molar-refractivity contribution in [2.24, 2.45) is 0 Å². The topological polar surface area (TPSA) is 85.2 Å². The van der Waals surface area contributed by atoms with E-state index in [2.05, 4.69) is 10.1 Å². The average molecular weight is 312 g/mol. The lowest BCUT2D eigenvalue weighted by Gasteiger charge is -2.04. The molecule has 1 N–H and O–H groups in total. The van der Waals surface area contributed by atoms with E-state index in [9.17, 15) is 9.59 Å². The molecule has 0 aliphatic heterocycles. The molecule has 23 heavy (non-hydrogen) atoms. The molecule has 6 nitrogen and oxygen atoms in total. The molecule has 0 saturated heterocycles. The Morgan fingerprint density at radius 2 is 1.91 bits per heavy atom. The molecule has 0 aliphatic carbocycles. The van der Waals surface area contributed by atoms with Gasteiger partial charge >= 0.3 is 5.97 Å². The maximum absolute atomic E-state index is 12.4. The summed E-state index contributed by atoms with van der Waals surface area (Å²) in [7, 11) is 0. The number of nitrogens with zero attached hydrogens (tertiary/aromatic N) is 1. The molecule has 6 heteroatoms. The fourth-order valence-corrected chi connectivity index (χ4v) is 2.69. The van der Waals surface area contributed by atoms with E-state index in [1.807, 2.05) is 31.2 Å². The molecule has 0 unspecified atom stereocenters. The highest BCUT2D eigenvalue weighted by atomic mass is 16.5. The Morgan fingerprint density at radius 1 is 1.17 bits per heavy atom. The zero-order chi connectivity index (χ0) is 16.6. The number of ketones is 1. The van der Waals surface area contributed by atoms with Gasteiger partial charge in [0.25, 0.3) is 0 Å². The number of Topliss-reactive ketones (excluding diaryl/α,β-unsaturated/α-hetero) is 1. The summed E-state index contributed by atoms with van der Waals surface area (Å²) in [5.41, 5.74) is 2.90. The number of aromatic nitrogens is 2. The number of ether oxygens (including phenoxy) is 1. The van der Waals surface area contributed by atoms with Gasteiger partial charge in [0.1, 0.15) is 11.3 Å². The summed E-state index contributed by atoms with van der Waals surface area (Å²) in [5.74, 6) is -0.477. The Bertz CT molecular complexity index is 885. The van der Waals surface area contributed by atoms with Crippen molar-refractivity contribution in [1.29, 1.82) is 0 Å². The second-order valence-corrected chi connectivity index (χ2v) is 5.37. The number of aryl methyl sites for hydroxylation is 3. The quantitative estimate of drug-likeness (QED) is 0.591. The van der Waals surface area contributed by atoms with Crippen molar-refractivity contribution < 1.29 is 18.8 Å². The number of esters is 1. The summed E-state index contributed by atoms with van der Waals surface area (Å²) >= 11 is 0. The van der Waals surface area contributed by atoms with Crippen LogP contribution in [0.25, 0.3) is 10.9 Å². The molecule has 0 amide bonds. The molecule has 0 bridgehead atoms. The number of carbonyl (C=O) groups excluding carboxylic acids is 2. The van der Waals surface area contributed by atoms with Gasteiger partial charge in [-0.05, 0) is 26.8 Å². The Morgan fingerprint density at radius 3 is 2.61 bits per heavy atom. The van der Waals surface area contributed by atoms with Gasteiger partial charge in [0.15, 0.2) is 6.61 Å². The second kappa shape index (κ2) is 5.72. The van der Waals surface area contributed by atoms with Gasteiger partial charge in [0.2, 0.25) is 5.78 Å². The van der Waals surface area contributed by atoms with Crippen molar-refractivity contribution in [3.05, 3.63) is 52.5 Å². The van der Waals surface area contributed by atoms with Crippen LogP contribution in [0.15, 0.2) is 28.8 Å². The molecule has 0 saturated carbocycles. The summed E-state index contributed by atoms with van der Waals surface area (Å²) < 4.78 is 10.1. The first kappa shape index (κ1) is 15.0. The first-order chi connectivity index (χ1) is 11.0. The standard InChI is InChI=1S/C17H16N2O4/c1-9-16(12-6-4-5-7-13(12)18-9)14(20)8-22-17(21)15-10(2)19-23-11(15)3/h4-7,18H,8H2,1-3H3. The van der Waals surface area contributed by atoms with Crippen molar-refractivity contribution in [1.82, 2.24) is 10.1 Å². The lowest BCUT2D eigenvalue weighted by Crippen LogP contribution is -2.15. The van der Waals surface area contributed by atoms with Crippen LogP contribution < -0.4 is 0 Å². The second-order valence-electron chi connectivity index (χ2n) is 5.37. The Kier molecular flexibility index (Phi) is 3.73. The smallest absolute Gasteiger partial charge is 0.344 e. The van der Waals surface area contributed by atoms with Gasteiger partial charge in [-0.1, -0.05) is 23.4 Å². The van der Waals surface area contributed by atoms with Crippen LogP contribution in [0.2, 0.25) is 0 Å². The number of carbonyl (C=O) groups is 2. The third-order valence-electron chi connectivity index (χ3n) is 3.74. The van der Waals surface area contributed by atoms with Crippen LogP contribution in [0.1, 0.15) is 37.9 Å². The number of nitrogens with one attached hydrogen (secondary N) is 1. The molecule has 3 rings (SSSR count).